The summed E-state index contributed by atoms with van der Waals surface area (Å²) >= 11 is 0. The highest BCUT2D eigenvalue weighted by atomic mass is 16.4. The Morgan fingerprint density at radius 1 is 1.08 bits per heavy atom. The Morgan fingerprint density at radius 2 is 1.77 bits per heavy atom. The summed E-state index contributed by atoms with van der Waals surface area (Å²) in [7, 11) is 0. The molecule has 0 radical (unpaired) electrons. The minimum absolute atomic E-state index is 0.0157. The second kappa shape index (κ2) is 5.82. The summed E-state index contributed by atoms with van der Waals surface area (Å²) in [5.74, 6) is -0.499. The van der Waals surface area contributed by atoms with Gasteiger partial charge >= 0.3 is 5.76 Å². The number of carbonyl (C=O) groups excluding carboxylic acids is 1. The molecule has 1 amide bonds. The van der Waals surface area contributed by atoms with E-state index in [1.165, 1.54) is 4.57 Å². The number of para-hydroxylation sites is 2. The van der Waals surface area contributed by atoms with Crippen molar-refractivity contribution in [2.45, 2.75) is 50.4 Å². The van der Waals surface area contributed by atoms with Crippen molar-refractivity contribution in [3.05, 3.63) is 47.2 Å². The van der Waals surface area contributed by atoms with Crippen LogP contribution in [0, 0.1) is 0 Å². The number of carbonyl (C=O) groups is 1. The SMILES string of the molecule is O=C(Cn1c(=O)oc2ccccc21)N1C2CCC1CC(n1nccn1)C2. The van der Waals surface area contributed by atoms with Gasteiger partial charge in [-0.2, -0.15) is 15.0 Å². The molecule has 2 aliphatic rings. The van der Waals surface area contributed by atoms with E-state index in [0.717, 1.165) is 25.7 Å². The number of fused-ring (bicyclic) bond motifs is 3. The number of piperidine rings is 1. The summed E-state index contributed by atoms with van der Waals surface area (Å²) in [5.41, 5.74) is 1.17. The second-order valence-corrected chi connectivity index (χ2v) is 7.08. The van der Waals surface area contributed by atoms with Gasteiger partial charge in [-0.05, 0) is 37.8 Å². The van der Waals surface area contributed by atoms with Crippen LogP contribution in [0.3, 0.4) is 0 Å². The van der Waals surface area contributed by atoms with Gasteiger partial charge in [0.2, 0.25) is 5.91 Å². The van der Waals surface area contributed by atoms with E-state index in [4.69, 9.17) is 4.42 Å². The monoisotopic (exact) mass is 353 g/mol. The lowest BCUT2D eigenvalue weighted by atomic mass is 9.97. The van der Waals surface area contributed by atoms with Crippen molar-refractivity contribution >= 4 is 17.0 Å². The van der Waals surface area contributed by atoms with Crippen LogP contribution in [0.15, 0.2) is 45.9 Å². The summed E-state index contributed by atoms with van der Waals surface area (Å²) in [5, 5.41) is 8.51. The lowest BCUT2D eigenvalue weighted by Crippen LogP contribution is -2.48. The van der Waals surface area contributed by atoms with Crippen molar-refractivity contribution < 1.29 is 9.21 Å². The smallest absolute Gasteiger partial charge is 0.408 e. The molecule has 2 saturated heterocycles. The number of amides is 1. The Hall–Kier alpha value is -2.90. The summed E-state index contributed by atoms with van der Waals surface area (Å²) in [6.07, 6.45) is 7.09. The van der Waals surface area contributed by atoms with Gasteiger partial charge in [-0.3, -0.25) is 9.36 Å². The van der Waals surface area contributed by atoms with E-state index in [1.54, 1.807) is 29.3 Å². The Kier molecular flexibility index (Phi) is 3.44. The third-order valence-electron chi connectivity index (χ3n) is 5.63. The summed E-state index contributed by atoms with van der Waals surface area (Å²) in [6.45, 7) is 0.0214. The van der Waals surface area contributed by atoms with Gasteiger partial charge in [-0.15, -0.1) is 0 Å². The molecule has 2 bridgehead atoms. The zero-order valence-corrected chi connectivity index (χ0v) is 14.2. The number of aromatic nitrogens is 4. The average molecular weight is 353 g/mol. The molecule has 26 heavy (non-hydrogen) atoms. The van der Waals surface area contributed by atoms with E-state index >= 15 is 0 Å². The van der Waals surface area contributed by atoms with Crippen molar-refractivity contribution in [2.24, 2.45) is 0 Å². The van der Waals surface area contributed by atoms with Gasteiger partial charge in [0.1, 0.15) is 6.54 Å². The molecule has 0 N–H and O–H groups in total. The van der Waals surface area contributed by atoms with Crippen LogP contribution in [0.5, 0.6) is 0 Å². The van der Waals surface area contributed by atoms with Crippen molar-refractivity contribution in [1.29, 1.82) is 0 Å². The summed E-state index contributed by atoms with van der Waals surface area (Å²) in [4.78, 5) is 28.9. The average Bonchev–Trinajstić information content (AvgIpc) is 3.34. The van der Waals surface area contributed by atoms with Crippen LogP contribution in [-0.2, 0) is 11.3 Å². The van der Waals surface area contributed by atoms with Crippen LogP contribution < -0.4 is 5.76 Å². The van der Waals surface area contributed by atoms with E-state index in [9.17, 15) is 9.59 Å². The molecule has 0 aliphatic carbocycles. The maximum Gasteiger partial charge on any atom is 0.420 e. The predicted octanol–water partition coefficient (Wildman–Crippen LogP) is 1.58. The van der Waals surface area contributed by atoms with Crippen LogP contribution in [0.1, 0.15) is 31.7 Å². The highest BCUT2D eigenvalue weighted by Crippen LogP contribution is 2.40. The lowest BCUT2D eigenvalue weighted by molar-refractivity contribution is -0.137. The van der Waals surface area contributed by atoms with E-state index in [1.807, 2.05) is 17.0 Å². The van der Waals surface area contributed by atoms with Crippen molar-refractivity contribution in [3.8, 4) is 0 Å². The third kappa shape index (κ3) is 2.36. The van der Waals surface area contributed by atoms with Crippen LogP contribution in [0.2, 0.25) is 0 Å². The van der Waals surface area contributed by atoms with Crippen molar-refractivity contribution in [3.63, 3.8) is 0 Å². The van der Waals surface area contributed by atoms with E-state index in [2.05, 4.69) is 10.2 Å². The molecule has 2 fully saturated rings. The number of hydrogen-bond acceptors (Lipinski definition) is 5. The fraction of sp³-hybridized carbons (Fsp3) is 0.444. The highest BCUT2D eigenvalue weighted by molar-refractivity contribution is 5.80. The van der Waals surface area contributed by atoms with Gasteiger partial charge in [-0.1, -0.05) is 12.1 Å². The van der Waals surface area contributed by atoms with Gasteiger partial charge in [0.05, 0.1) is 24.0 Å². The fourth-order valence-corrected chi connectivity index (χ4v) is 4.54. The van der Waals surface area contributed by atoms with E-state index in [0.29, 0.717) is 11.1 Å². The maximum absolute atomic E-state index is 13.0. The molecular weight excluding hydrogens is 334 g/mol. The minimum Gasteiger partial charge on any atom is -0.408 e. The Labute approximate surface area is 149 Å². The first-order chi connectivity index (χ1) is 12.7. The lowest BCUT2D eigenvalue weighted by Gasteiger charge is -2.38. The summed E-state index contributed by atoms with van der Waals surface area (Å²) < 4.78 is 6.67. The zero-order valence-electron chi connectivity index (χ0n) is 14.2. The number of benzene rings is 1. The standard InChI is InChI=1S/C18H19N5O3/c24-17(11-21-15-3-1-2-4-16(15)26-18(21)25)22-12-5-6-13(22)10-14(9-12)23-19-7-8-20-23/h1-4,7-8,12-14H,5-6,9-11H2. The van der Waals surface area contributed by atoms with Gasteiger partial charge in [-0.25, -0.2) is 4.79 Å². The molecule has 3 aromatic rings. The van der Waals surface area contributed by atoms with Crippen LogP contribution >= 0.6 is 0 Å². The molecule has 134 valence electrons. The molecule has 2 atom stereocenters. The van der Waals surface area contributed by atoms with Crippen molar-refractivity contribution in [2.75, 3.05) is 0 Å². The van der Waals surface area contributed by atoms with Gasteiger partial charge in [0.15, 0.2) is 5.58 Å². The van der Waals surface area contributed by atoms with Crippen LogP contribution in [0.4, 0.5) is 0 Å². The minimum atomic E-state index is -0.484. The molecule has 4 heterocycles. The molecule has 2 aromatic heterocycles. The normalized spacial score (nSPS) is 25.1. The van der Waals surface area contributed by atoms with E-state index < -0.39 is 5.76 Å². The van der Waals surface area contributed by atoms with Crippen molar-refractivity contribution in [1.82, 2.24) is 24.5 Å². The first kappa shape index (κ1) is 15.4. The van der Waals surface area contributed by atoms with Gasteiger partial charge in [0.25, 0.3) is 0 Å². The number of hydrogen-bond donors (Lipinski definition) is 0. The molecule has 2 unspecified atom stereocenters. The maximum atomic E-state index is 13.0. The molecule has 5 rings (SSSR count). The Morgan fingerprint density at radius 3 is 2.50 bits per heavy atom. The predicted molar refractivity (Wildman–Crippen MR) is 92.4 cm³/mol. The largest absolute Gasteiger partial charge is 0.420 e. The quantitative estimate of drug-likeness (QED) is 0.714. The fourth-order valence-electron chi connectivity index (χ4n) is 4.54. The second-order valence-electron chi connectivity index (χ2n) is 7.08. The van der Waals surface area contributed by atoms with Crippen LogP contribution in [0.25, 0.3) is 11.1 Å². The van der Waals surface area contributed by atoms with Gasteiger partial charge in [0, 0.05) is 12.1 Å². The molecular formula is C18H19N5O3. The van der Waals surface area contributed by atoms with Gasteiger partial charge < -0.3 is 9.32 Å². The Bertz CT molecular complexity index is 991. The zero-order chi connectivity index (χ0) is 17.7. The van der Waals surface area contributed by atoms with Crippen LogP contribution in [-0.4, -0.2) is 42.5 Å². The molecule has 8 heteroatoms. The number of nitrogens with zero attached hydrogens (tertiary/aromatic N) is 5. The first-order valence-corrected chi connectivity index (χ1v) is 8.96. The summed E-state index contributed by atoms with van der Waals surface area (Å²) in [6, 6.07) is 7.80. The number of oxazole rings is 1. The highest BCUT2D eigenvalue weighted by Gasteiger charge is 2.44. The molecule has 8 nitrogen and oxygen atoms in total. The molecule has 1 aromatic carbocycles. The number of rotatable bonds is 3. The molecule has 0 saturated carbocycles. The van der Waals surface area contributed by atoms with E-state index in [-0.39, 0.29) is 30.6 Å². The topological polar surface area (TPSA) is 86.2 Å². The molecule has 0 spiro atoms. The third-order valence-corrected chi connectivity index (χ3v) is 5.63. The Balaban J connectivity index is 1.38. The first-order valence-electron chi connectivity index (χ1n) is 8.96. The molecule has 2 aliphatic heterocycles.